The van der Waals surface area contributed by atoms with Crippen molar-refractivity contribution < 1.29 is 4.52 Å². The van der Waals surface area contributed by atoms with Crippen LogP contribution in [0.15, 0.2) is 10.7 Å². The highest BCUT2D eigenvalue weighted by Crippen LogP contribution is 2.29. The first-order chi connectivity index (χ1) is 10.2. The highest BCUT2D eigenvalue weighted by atomic mass is 16.5. The second kappa shape index (κ2) is 5.62. The van der Waals surface area contributed by atoms with E-state index in [9.17, 15) is 0 Å². The highest BCUT2D eigenvalue weighted by molar-refractivity contribution is 5.22. The topological polar surface area (TPSA) is 56.7 Å². The lowest BCUT2D eigenvalue weighted by Gasteiger charge is -2.21. The summed E-state index contributed by atoms with van der Waals surface area (Å²) in [4.78, 5) is 4.63. The van der Waals surface area contributed by atoms with Crippen LogP contribution in [0.25, 0.3) is 0 Å². The van der Waals surface area contributed by atoms with Gasteiger partial charge in [0.15, 0.2) is 5.82 Å². The lowest BCUT2D eigenvalue weighted by Crippen LogP contribution is -2.21. The molecule has 21 heavy (non-hydrogen) atoms. The second-order valence-corrected chi connectivity index (χ2v) is 6.25. The number of aryl methyl sites for hydroxylation is 1. The van der Waals surface area contributed by atoms with Gasteiger partial charge in [-0.3, -0.25) is 4.68 Å². The van der Waals surface area contributed by atoms with Gasteiger partial charge in [-0.05, 0) is 32.1 Å². The standard InChI is InChI=1S/C16H24N4O/c1-4-16(3,5-2)15-18-14(21-19-15)10-12-11-17-20-9-7-6-8-13(12)20/h11H,4-10H2,1-3H3. The summed E-state index contributed by atoms with van der Waals surface area (Å²) in [5.41, 5.74) is 2.59. The Labute approximate surface area is 125 Å². The van der Waals surface area contributed by atoms with Crippen LogP contribution in [-0.4, -0.2) is 19.9 Å². The van der Waals surface area contributed by atoms with E-state index in [0.29, 0.717) is 12.3 Å². The molecule has 0 unspecified atom stereocenters. The van der Waals surface area contributed by atoms with Crippen molar-refractivity contribution in [2.75, 3.05) is 0 Å². The molecule has 0 bridgehead atoms. The van der Waals surface area contributed by atoms with Gasteiger partial charge in [0.2, 0.25) is 5.89 Å². The molecule has 0 saturated carbocycles. The van der Waals surface area contributed by atoms with Crippen LogP contribution in [0.1, 0.15) is 69.4 Å². The van der Waals surface area contributed by atoms with Crippen molar-refractivity contribution in [1.82, 2.24) is 19.9 Å². The van der Waals surface area contributed by atoms with Gasteiger partial charge in [0.05, 0.1) is 12.6 Å². The number of hydrogen-bond acceptors (Lipinski definition) is 4. The number of rotatable bonds is 5. The number of fused-ring (bicyclic) bond motifs is 1. The van der Waals surface area contributed by atoms with Crippen LogP contribution in [-0.2, 0) is 24.8 Å². The predicted molar refractivity (Wildman–Crippen MR) is 80.2 cm³/mol. The van der Waals surface area contributed by atoms with Gasteiger partial charge < -0.3 is 4.52 Å². The minimum atomic E-state index is 0.0141. The van der Waals surface area contributed by atoms with E-state index in [-0.39, 0.29) is 5.41 Å². The number of hydrogen-bond donors (Lipinski definition) is 0. The Morgan fingerprint density at radius 1 is 1.29 bits per heavy atom. The lowest BCUT2D eigenvalue weighted by atomic mass is 9.84. The third kappa shape index (κ3) is 2.61. The molecular formula is C16H24N4O. The van der Waals surface area contributed by atoms with Crippen molar-refractivity contribution in [2.45, 2.75) is 71.3 Å². The molecule has 0 spiro atoms. The van der Waals surface area contributed by atoms with Crippen LogP contribution in [0.3, 0.4) is 0 Å². The third-order valence-corrected chi connectivity index (χ3v) is 4.98. The van der Waals surface area contributed by atoms with Gasteiger partial charge >= 0.3 is 0 Å². The van der Waals surface area contributed by atoms with Crippen molar-refractivity contribution in [2.24, 2.45) is 0 Å². The first-order valence-electron chi connectivity index (χ1n) is 8.03. The lowest BCUT2D eigenvalue weighted by molar-refractivity contribution is 0.347. The smallest absolute Gasteiger partial charge is 0.231 e. The molecular weight excluding hydrogens is 264 g/mol. The molecule has 3 heterocycles. The van der Waals surface area contributed by atoms with Crippen molar-refractivity contribution >= 4 is 0 Å². The first kappa shape index (κ1) is 14.3. The molecule has 5 nitrogen and oxygen atoms in total. The number of nitrogens with zero attached hydrogens (tertiary/aromatic N) is 4. The van der Waals surface area contributed by atoms with Crippen molar-refractivity contribution in [3.63, 3.8) is 0 Å². The molecule has 0 atom stereocenters. The fourth-order valence-electron chi connectivity index (χ4n) is 2.93. The maximum absolute atomic E-state index is 5.48. The fraction of sp³-hybridized carbons (Fsp3) is 0.688. The highest BCUT2D eigenvalue weighted by Gasteiger charge is 2.28. The molecule has 1 aliphatic rings. The fourth-order valence-corrected chi connectivity index (χ4v) is 2.93. The second-order valence-electron chi connectivity index (χ2n) is 6.25. The Balaban J connectivity index is 1.80. The van der Waals surface area contributed by atoms with Gasteiger partial charge in [0.25, 0.3) is 0 Å². The molecule has 3 rings (SSSR count). The molecule has 0 N–H and O–H groups in total. The maximum Gasteiger partial charge on any atom is 0.231 e. The van der Waals surface area contributed by atoms with E-state index in [1.54, 1.807) is 0 Å². The summed E-state index contributed by atoms with van der Waals surface area (Å²) < 4.78 is 7.60. The largest absolute Gasteiger partial charge is 0.339 e. The van der Waals surface area contributed by atoms with Crippen LogP contribution >= 0.6 is 0 Å². The summed E-state index contributed by atoms with van der Waals surface area (Å²) in [6.45, 7) is 7.58. The third-order valence-electron chi connectivity index (χ3n) is 4.98. The van der Waals surface area contributed by atoms with Crippen molar-refractivity contribution in [1.29, 1.82) is 0 Å². The van der Waals surface area contributed by atoms with Crippen LogP contribution < -0.4 is 0 Å². The van der Waals surface area contributed by atoms with E-state index in [2.05, 4.69) is 40.7 Å². The molecule has 2 aromatic heterocycles. The Morgan fingerprint density at radius 3 is 2.86 bits per heavy atom. The zero-order valence-corrected chi connectivity index (χ0v) is 13.2. The summed E-state index contributed by atoms with van der Waals surface area (Å²) in [6, 6.07) is 0. The number of aromatic nitrogens is 4. The molecule has 0 aliphatic carbocycles. The summed E-state index contributed by atoms with van der Waals surface area (Å²) in [5, 5.41) is 8.68. The first-order valence-corrected chi connectivity index (χ1v) is 8.03. The van der Waals surface area contributed by atoms with Crippen molar-refractivity contribution in [3.8, 4) is 0 Å². The summed E-state index contributed by atoms with van der Waals surface area (Å²) in [5.74, 6) is 1.54. The Morgan fingerprint density at radius 2 is 2.10 bits per heavy atom. The van der Waals surface area contributed by atoms with E-state index in [1.807, 2.05) is 6.20 Å². The zero-order chi connectivity index (χ0) is 14.9. The van der Waals surface area contributed by atoms with E-state index >= 15 is 0 Å². The molecule has 1 aliphatic heterocycles. The maximum atomic E-state index is 5.48. The minimum Gasteiger partial charge on any atom is -0.339 e. The van der Waals surface area contributed by atoms with Crippen LogP contribution in [0.5, 0.6) is 0 Å². The van der Waals surface area contributed by atoms with Gasteiger partial charge in [-0.1, -0.05) is 25.9 Å². The van der Waals surface area contributed by atoms with Crippen LogP contribution in [0.4, 0.5) is 0 Å². The van der Waals surface area contributed by atoms with Crippen molar-refractivity contribution in [3.05, 3.63) is 29.2 Å². The quantitative estimate of drug-likeness (QED) is 0.847. The predicted octanol–water partition coefficient (Wildman–Crippen LogP) is 3.27. The van der Waals surface area contributed by atoms with Gasteiger partial charge in [-0.15, -0.1) is 0 Å². The summed E-state index contributed by atoms with van der Waals surface area (Å²) in [6.07, 6.45) is 8.28. The average molecular weight is 288 g/mol. The Bertz CT molecular complexity index is 610. The molecule has 0 radical (unpaired) electrons. The van der Waals surface area contributed by atoms with Gasteiger partial charge in [0, 0.05) is 23.2 Å². The average Bonchev–Trinajstić information content (AvgIpc) is 3.15. The SMILES string of the molecule is CCC(C)(CC)c1noc(Cc2cnn3c2CCCC3)n1. The molecule has 0 amide bonds. The van der Waals surface area contributed by atoms with Crippen LogP contribution in [0, 0.1) is 0 Å². The van der Waals surface area contributed by atoms with E-state index in [4.69, 9.17) is 4.52 Å². The molecule has 2 aromatic rings. The van der Waals surface area contributed by atoms with E-state index < -0.39 is 0 Å². The van der Waals surface area contributed by atoms with Gasteiger partial charge in [-0.25, -0.2) is 0 Å². The van der Waals surface area contributed by atoms with Gasteiger partial charge in [0.1, 0.15) is 0 Å². The molecule has 0 saturated heterocycles. The van der Waals surface area contributed by atoms with E-state index in [1.165, 1.54) is 24.1 Å². The normalized spacial score (nSPS) is 15.2. The minimum absolute atomic E-state index is 0.0141. The Hall–Kier alpha value is -1.65. The zero-order valence-electron chi connectivity index (χ0n) is 13.2. The summed E-state index contributed by atoms with van der Waals surface area (Å²) in [7, 11) is 0. The Kier molecular flexibility index (Phi) is 3.83. The molecule has 0 aromatic carbocycles. The molecule has 0 fully saturated rings. The van der Waals surface area contributed by atoms with Gasteiger partial charge in [-0.2, -0.15) is 10.1 Å². The van der Waals surface area contributed by atoms with E-state index in [0.717, 1.165) is 31.6 Å². The monoisotopic (exact) mass is 288 g/mol. The van der Waals surface area contributed by atoms with Crippen LogP contribution in [0.2, 0.25) is 0 Å². The molecule has 114 valence electrons. The summed E-state index contributed by atoms with van der Waals surface area (Å²) >= 11 is 0. The molecule has 5 heteroatoms.